The number of nitrogens with zero attached hydrogens (tertiary/aromatic N) is 4. The van der Waals surface area contributed by atoms with Crippen molar-refractivity contribution in [2.75, 3.05) is 13.2 Å². The number of aliphatic hydroxyl groups excluding tert-OH is 1. The highest BCUT2D eigenvalue weighted by Gasteiger charge is 2.41. The Morgan fingerprint density at radius 1 is 1.10 bits per heavy atom. The predicted molar refractivity (Wildman–Crippen MR) is 123 cm³/mol. The van der Waals surface area contributed by atoms with E-state index in [9.17, 15) is 5.11 Å². The second-order valence-electron chi connectivity index (χ2n) is 7.16. The molecule has 1 aliphatic heterocycles. The summed E-state index contributed by atoms with van der Waals surface area (Å²) in [5, 5.41) is 14.5. The maximum Gasteiger partial charge on any atom is 0.194 e. The molecule has 4 heterocycles. The van der Waals surface area contributed by atoms with Crippen molar-refractivity contribution < 1.29 is 5.11 Å². The second-order valence-corrected chi connectivity index (χ2v) is 8.56. The number of aliphatic hydroxyl groups is 1. The van der Waals surface area contributed by atoms with E-state index in [1.807, 2.05) is 48.7 Å². The molecule has 0 amide bonds. The molecular formula is C22H21N5OS2. The molecule has 30 heavy (non-hydrogen) atoms. The molecule has 0 bridgehead atoms. The van der Waals surface area contributed by atoms with Crippen LogP contribution in [-0.4, -0.2) is 42.8 Å². The van der Waals surface area contributed by atoms with E-state index >= 15 is 0 Å². The molecule has 0 aliphatic carbocycles. The van der Waals surface area contributed by atoms with E-state index < -0.39 is 0 Å². The van der Waals surface area contributed by atoms with Gasteiger partial charge in [-0.25, -0.2) is 4.98 Å². The molecule has 0 radical (unpaired) electrons. The summed E-state index contributed by atoms with van der Waals surface area (Å²) in [6.07, 6.45) is 4.50. The molecule has 152 valence electrons. The lowest BCUT2D eigenvalue weighted by Crippen LogP contribution is -2.31. The van der Waals surface area contributed by atoms with Crippen LogP contribution in [0.3, 0.4) is 0 Å². The molecule has 8 heteroatoms. The smallest absolute Gasteiger partial charge is 0.194 e. The van der Waals surface area contributed by atoms with Crippen LogP contribution < -0.4 is 5.32 Å². The van der Waals surface area contributed by atoms with Gasteiger partial charge in [0.2, 0.25) is 0 Å². The van der Waals surface area contributed by atoms with E-state index in [0.717, 1.165) is 26.7 Å². The summed E-state index contributed by atoms with van der Waals surface area (Å²) in [5.41, 5.74) is 3.03. The van der Waals surface area contributed by atoms with E-state index in [-0.39, 0.29) is 18.7 Å². The first-order chi connectivity index (χ1) is 14.8. The van der Waals surface area contributed by atoms with Crippen LogP contribution in [0.1, 0.15) is 29.9 Å². The largest absolute Gasteiger partial charge is 0.396 e. The van der Waals surface area contributed by atoms with Crippen LogP contribution >= 0.6 is 23.6 Å². The summed E-state index contributed by atoms with van der Waals surface area (Å²) in [5.74, 6) is 0. The van der Waals surface area contributed by atoms with Gasteiger partial charge >= 0.3 is 0 Å². The lowest BCUT2D eigenvalue weighted by Gasteiger charge is -2.28. The first-order valence-electron chi connectivity index (χ1n) is 9.88. The van der Waals surface area contributed by atoms with Crippen molar-refractivity contribution in [2.45, 2.75) is 18.5 Å². The fourth-order valence-electron chi connectivity index (χ4n) is 3.98. The van der Waals surface area contributed by atoms with Gasteiger partial charge < -0.3 is 15.3 Å². The molecule has 3 aromatic heterocycles. The molecule has 2 atom stereocenters. The van der Waals surface area contributed by atoms with Gasteiger partial charge in [0.05, 0.1) is 33.7 Å². The Labute approximate surface area is 183 Å². The van der Waals surface area contributed by atoms with Gasteiger partial charge in [-0.3, -0.25) is 9.55 Å². The van der Waals surface area contributed by atoms with Crippen LogP contribution in [0.5, 0.6) is 0 Å². The normalized spacial score (nSPS) is 18.8. The third-order valence-electron chi connectivity index (χ3n) is 5.33. The summed E-state index contributed by atoms with van der Waals surface area (Å²) < 4.78 is 3.30. The molecule has 5 rings (SSSR count). The summed E-state index contributed by atoms with van der Waals surface area (Å²) >= 11 is 7.35. The van der Waals surface area contributed by atoms with Crippen molar-refractivity contribution >= 4 is 38.9 Å². The average molecular weight is 436 g/mol. The monoisotopic (exact) mass is 435 g/mol. The molecule has 0 saturated carbocycles. The average Bonchev–Trinajstić information content (AvgIpc) is 3.49. The number of para-hydroxylation sites is 1. The Kier molecular flexibility index (Phi) is 5.20. The fraction of sp³-hybridized carbons (Fsp3) is 0.227. The summed E-state index contributed by atoms with van der Waals surface area (Å²) in [6, 6.07) is 18.1. The Bertz CT molecular complexity index is 1140. The molecule has 0 spiro atoms. The first kappa shape index (κ1) is 19.2. The highest BCUT2D eigenvalue weighted by Crippen LogP contribution is 2.40. The van der Waals surface area contributed by atoms with E-state index in [0.29, 0.717) is 18.1 Å². The van der Waals surface area contributed by atoms with Crippen LogP contribution in [-0.2, 0) is 0 Å². The molecule has 1 fully saturated rings. The van der Waals surface area contributed by atoms with E-state index in [4.69, 9.17) is 17.2 Å². The van der Waals surface area contributed by atoms with Gasteiger partial charge in [-0.1, -0.05) is 29.5 Å². The zero-order valence-corrected chi connectivity index (χ0v) is 17.8. The number of fused-ring (bicyclic) bond motifs is 1. The standard InChI is InChI=1S/C22H21N5OS2/c28-14-6-13-27-20(19(25-21(27)29)16-8-3-4-11-23-16)17-9-5-12-26(17)22-24-15-7-1-2-10-18(15)30-22/h1-5,7-12,19-20,28H,6,13-14H2,(H,25,29)/t19-,20-/m1/s1. The topological polar surface area (TPSA) is 66.2 Å². The molecule has 4 aromatic rings. The van der Waals surface area contributed by atoms with E-state index in [2.05, 4.69) is 31.9 Å². The van der Waals surface area contributed by atoms with Gasteiger partial charge in [0.15, 0.2) is 10.2 Å². The minimum Gasteiger partial charge on any atom is -0.396 e. The van der Waals surface area contributed by atoms with Gasteiger partial charge in [0.25, 0.3) is 0 Å². The van der Waals surface area contributed by atoms with Crippen molar-refractivity contribution in [3.8, 4) is 5.13 Å². The quantitative estimate of drug-likeness (QED) is 0.449. The zero-order valence-electron chi connectivity index (χ0n) is 16.2. The maximum absolute atomic E-state index is 9.41. The minimum absolute atomic E-state index is 0.0547. The van der Waals surface area contributed by atoms with E-state index in [1.54, 1.807) is 17.5 Å². The molecule has 1 aromatic carbocycles. The molecule has 1 aliphatic rings. The van der Waals surface area contributed by atoms with E-state index in [1.165, 1.54) is 0 Å². The lowest BCUT2D eigenvalue weighted by molar-refractivity contribution is 0.245. The Hall–Kier alpha value is -2.81. The number of rotatable bonds is 6. The first-order valence-corrected chi connectivity index (χ1v) is 11.1. The molecular weight excluding hydrogens is 414 g/mol. The lowest BCUT2D eigenvalue weighted by atomic mass is 10.0. The highest BCUT2D eigenvalue weighted by atomic mass is 32.1. The van der Waals surface area contributed by atoms with Gasteiger partial charge in [-0.2, -0.15) is 0 Å². The van der Waals surface area contributed by atoms with Crippen LogP contribution in [0, 0.1) is 0 Å². The Morgan fingerprint density at radius 2 is 1.97 bits per heavy atom. The van der Waals surface area contributed by atoms with Crippen LogP contribution in [0.2, 0.25) is 0 Å². The number of thiocarbonyl (C=S) groups is 1. The summed E-state index contributed by atoms with van der Waals surface area (Å²) in [7, 11) is 0. The van der Waals surface area contributed by atoms with Crippen LogP contribution in [0.4, 0.5) is 0 Å². The van der Waals surface area contributed by atoms with Gasteiger partial charge in [0, 0.05) is 25.5 Å². The number of benzene rings is 1. The zero-order chi connectivity index (χ0) is 20.5. The number of aromatic nitrogens is 3. The van der Waals surface area contributed by atoms with Crippen molar-refractivity contribution in [3.05, 3.63) is 78.4 Å². The number of hydrogen-bond donors (Lipinski definition) is 2. The summed E-state index contributed by atoms with van der Waals surface area (Å²) in [6.45, 7) is 0.792. The van der Waals surface area contributed by atoms with Crippen molar-refractivity contribution in [2.24, 2.45) is 0 Å². The highest BCUT2D eigenvalue weighted by molar-refractivity contribution is 7.80. The second kappa shape index (κ2) is 8.14. The van der Waals surface area contributed by atoms with Gasteiger partial charge in [0.1, 0.15) is 0 Å². The van der Waals surface area contributed by atoms with Gasteiger partial charge in [-0.15, -0.1) is 0 Å². The van der Waals surface area contributed by atoms with Crippen LogP contribution in [0.15, 0.2) is 67.0 Å². The third kappa shape index (κ3) is 3.36. The molecule has 6 nitrogen and oxygen atoms in total. The fourth-order valence-corrected chi connectivity index (χ4v) is 5.28. The maximum atomic E-state index is 9.41. The predicted octanol–water partition coefficient (Wildman–Crippen LogP) is 3.84. The summed E-state index contributed by atoms with van der Waals surface area (Å²) in [4.78, 5) is 11.6. The number of thiazole rings is 1. The Balaban J connectivity index is 1.60. The van der Waals surface area contributed by atoms with Crippen LogP contribution in [0.25, 0.3) is 15.3 Å². The van der Waals surface area contributed by atoms with Crippen molar-refractivity contribution in [1.29, 1.82) is 0 Å². The van der Waals surface area contributed by atoms with Crippen molar-refractivity contribution in [1.82, 2.24) is 24.8 Å². The van der Waals surface area contributed by atoms with Gasteiger partial charge in [-0.05, 0) is 55.0 Å². The van der Waals surface area contributed by atoms with Crippen molar-refractivity contribution in [3.63, 3.8) is 0 Å². The molecule has 2 N–H and O–H groups in total. The Morgan fingerprint density at radius 3 is 2.77 bits per heavy atom. The SMILES string of the molecule is OCCCN1C(=S)N[C@H](c2ccccn2)[C@H]1c1cccn1-c1nc2ccccc2s1. The minimum atomic E-state index is -0.0829. The molecule has 1 saturated heterocycles. The molecule has 0 unspecified atom stereocenters. The number of hydrogen-bond acceptors (Lipinski definition) is 5. The number of pyridine rings is 1. The third-order valence-corrected chi connectivity index (χ3v) is 6.71. The number of nitrogens with one attached hydrogen (secondary N) is 1.